The largest absolute Gasteiger partial charge is 0.319 e. The number of carbonyl (C=O) groups excluding carboxylic acids is 1. The van der Waals surface area contributed by atoms with Crippen molar-refractivity contribution >= 4 is 27.5 Å². The first-order chi connectivity index (χ1) is 8.15. The maximum Gasteiger partial charge on any atom is 0.274 e. The van der Waals surface area contributed by atoms with Crippen LogP contribution in [0.25, 0.3) is 0 Å². The summed E-state index contributed by atoms with van der Waals surface area (Å²) >= 11 is 3.17. The van der Waals surface area contributed by atoms with Gasteiger partial charge in [-0.05, 0) is 40.2 Å². The maximum atomic E-state index is 12.6. The molecule has 0 atom stereocenters. The van der Waals surface area contributed by atoms with E-state index in [2.05, 4.69) is 31.2 Å². The molecule has 0 unspecified atom stereocenters. The fourth-order valence-electron chi connectivity index (χ4n) is 1.18. The molecule has 2 heterocycles. The lowest BCUT2D eigenvalue weighted by Gasteiger charge is -2.03. The average Bonchev–Trinajstić information content (AvgIpc) is 2.32. The summed E-state index contributed by atoms with van der Waals surface area (Å²) in [5, 5.41) is 2.56. The molecule has 0 bridgehead atoms. The predicted molar refractivity (Wildman–Crippen MR) is 64.1 cm³/mol. The molecule has 0 radical (unpaired) electrons. The van der Waals surface area contributed by atoms with Crippen LogP contribution >= 0.6 is 15.9 Å². The lowest BCUT2D eigenvalue weighted by molar-refractivity contribution is 0.102. The van der Waals surface area contributed by atoms with E-state index in [0.29, 0.717) is 10.3 Å². The van der Waals surface area contributed by atoms with Crippen LogP contribution in [-0.4, -0.2) is 15.9 Å². The molecular formula is C11H7BrFN3O. The summed E-state index contributed by atoms with van der Waals surface area (Å²) in [6.07, 6.45) is 1.24. The number of rotatable bonds is 2. The first kappa shape index (κ1) is 11.7. The number of amides is 1. The second-order valence-corrected chi connectivity index (χ2v) is 3.98. The van der Waals surface area contributed by atoms with E-state index in [-0.39, 0.29) is 11.6 Å². The van der Waals surface area contributed by atoms with Gasteiger partial charge in [-0.1, -0.05) is 6.07 Å². The van der Waals surface area contributed by atoms with E-state index in [1.807, 2.05) is 0 Å². The highest BCUT2D eigenvalue weighted by Gasteiger charge is 2.07. The van der Waals surface area contributed by atoms with Crippen molar-refractivity contribution in [1.29, 1.82) is 0 Å². The minimum absolute atomic E-state index is 0.267. The summed E-state index contributed by atoms with van der Waals surface area (Å²) in [7, 11) is 0. The summed E-state index contributed by atoms with van der Waals surface area (Å²) in [6, 6.07) is 7.60. The molecule has 2 aromatic heterocycles. The zero-order chi connectivity index (χ0) is 12.3. The molecule has 0 saturated carbocycles. The van der Waals surface area contributed by atoms with Crippen molar-refractivity contribution in [2.75, 3.05) is 5.32 Å². The number of hydrogen-bond acceptors (Lipinski definition) is 3. The maximum absolute atomic E-state index is 12.6. The van der Waals surface area contributed by atoms with E-state index in [1.54, 1.807) is 18.2 Å². The lowest BCUT2D eigenvalue weighted by atomic mass is 10.3. The zero-order valence-corrected chi connectivity index (χ0v) is 10.1. The molecule has 6 heteroatoms. The molecule has 0 fully saturated rings. The SMILES string of the molecule is O=C(Nc1ccc(F)nc1)c1cccc(Br)n1. The van der Waals surface area contributed by atoms with Gasteiger partial charge in [0, 0.05) is 0 Å². The molecule has 0 aliphatic rings. The third-order valence-corrected chi connectivity index (χ3v) is 2.37. The van der Waals surface area contributed by atoms with Crippen LogP contribution in [0, 0.1) is 5.95 Å². The van der Waals surface area contributed by atoms with Crippen molar-refractivity contribution < 1.29 is 9.18 Å². The van der Waals surface area contributed by atoms with Crippen LogP contribution in [0.1, 0.15) is 10.5 Å². The Balaban J connectivity index is 2.14. The van der Waals surface area contributed by atoms with Crippen molar-refractivity contribution in [2.24, 2.45) is 0 Å². The highest BCUT2D eigenvalue weighted by atomic mass is 79.9. The van der Waals surface area contributed by atoms with Gasteiger partial charge in [0.05, 0.1) is 11.9 Å². The van der Waals surface area contributed by atoms with Gasteiger partial charge in [-0.25, -0.2) is 9.97 Å². The fourth-order valence-corrected chi connectivity index (χ4v) is 1.52. The summed E-state index contributed by atoms with van der Waals surface area (Å²) in [4.78, 5) is 19.2. The normalized spacial score (nSPS) is 10.0. The van der Waals surface area contributed by atoms with Gasteiger partial charge >= 0.3 is 0 Å². The number of nitrogens with one attached hydrogen (secondary N) is 1. The Morgan fingerprint density at radius 3 is 2.76 bits per heavy atom. The van der Waals surface area contributed by atoms with Crippen LogP contribution in [0.3, 0.4) is 0 Å². The van der Waals surface area contributed by atoms with Gasteiger partial charge in [-0.3, -0.25) is 4.79 Å². The minimum Gasteiger partial charge on any atom is -0.319 e. The summed E-state index contributed by atoms with van der Waals surface area (Å²) < 4.78 is 13.1. The molecule has 17 heavy (non-hydrogen) atoms. The third kappa shape index (κ3) is 3.07. The van der Waals surface area contributed by atoms with E-state index >= 15 is 0 Å². The number of carbonyl (C=O) groups is 1. The van der Waals surface area contributed by atoms with E-state index in [1.165, 1.54) is 18.3 Å². The van der Waals surface area contributed by atoms with Crippen molar-refractivity contribution in [3.8, 4) is 0 Å². The van der Waals surface area contributed by atoms with Crippen LogP contribution in [-0.2, 0) is 0 Å². The molecule has 2 rings (SSSR count). The van der Waals surface area contributed by atoms with Gasteiger partial charge in [0.25, 0.3) is 5.91 Å². The summed E-state index contributed by atoms with van der Waals surface area (Å²) in [6.45, 7) is 0. The molecule has 1 N–H and O–H groups in total. The van der Waals surface area contributed by atoms with Crippen molar-refractivity contribution in [1.82, 2.24) is 9.97 Å². The first-order valence-corrected chi connectivity index (χ1v) is 5.50. The monoisotopic (exact) mass is 295 g/mol. The Morgan fingerprint density at radius 1 is 1.29 bits per heavy atom. The van der Waals surface area contributed by atoms with E-state index < -0.39 is 5.95 Å². The Bertz CT molecular complexity index is 545. The zero-order valence-electron chi connectivity index (χ0n) is 8.52. The fraction of sp³-hybridized carbons (Fsp3) is 0. The number of hydrogen-bond donors (Lipinski definition) is 1. The Labute approximate surface area is 105 Å². The first-order valence-electron chi connectivity index (χ1n) is 4.70. The van der Waals surface area contributed by atoms with Crippen molar-refractivity contribution in [3.05, 3.63) is 52.8 Å². The molecule has 2 aromatic rings. The quantitative estimate of drug-likeness (QED) is 0.867. The second kappa shape index (κ2) is 5.01. The smallest absolute Gasteiger partial charge is 0.274 e. The number of aromatic nitrogens is 2. The third-order valence-electron chi connectivity index (χ3n) is 1.93. The average molecular weight is 296 g/mol. The van der Waals surface area contributed by atoms with Gasteiger partial charge in [0.2, 0.25) is 5.95 Å². The van der Waals surface area contributed by atoms with E-state index in [0.717, 1.165) is 0 Å². The predicted octanol–water partition coefficient (Wildman–Crippen LogP) is 2.63. The Kier molecular flexibility index (Phi) is 3.43. The van der Waals surface area contributed by atoms with Crippen LogP contribution in [0.2, 0.25) is 0 Å². The number of pyridine rings is 2. The molecule has 0 aliphatic heterocycles. The van der Waals surface area contributed by atoms with Gasteiger partial charge in [-0.15, -0.1) is 0 Å². The summed E-state index contributed by atoms with van der Waals surface area (Å²) in [5.74, 6) is -0.969. The van der Waals surface area contributed by atoms with Crippen LogP contribution in [0.15, 0.2) is 41.1 Å². The van der Waals surface area contributed by atoms with Gasteiger partial charge in [-0.2, -0.15) is 4.39 Å². The van der Waals surface area contributed by atoms with Gasteiger partial charge < -0.3 is 5.32 Å². The highest BCUT2D eigenvalue weighted by molar-refractivity contribution is 9.10. The highest BCUT2D eigenvalue weighted by Crippen LogP contribution is 2.10. The van der Waals surface area contributed by atoms with Crippen molar-refractivity contribution in [2.45, 2.75) is 0 Å². The number of anilines is 1. The topological polar surface area (TPSA) is 54.9 Å². The molecule has 4 nitrogen and oxygen atoms in total. The Hall–Kier alpha value is -1.82. The molecular weight excluding hydrogens is 289 g/mol. The van der Waals surface area contributed by atoms with E-state index in [9.17, 15) is 9.18 Å². The number of halogens is 2. The molecule has 0 spiro atoms. The van der Waals surface area contributed by atoms with Crippen LogP contribution < -0.4 is 5.32 Å². The molecule has 0 saturated heterocycles. The lowest BCUT2D eigenvalue weighted by Crippen LogP contribution is -2.13. The van der Waals surface area contributed by atoms with E-state index in [4.69, 9.17) is 0 Å². The molecule has 1 amide bonds. The Morgan fingerprint density at radius 2 is 2.12 bits per heavy atom. The van der Waals surface area contributed by atoms with Crippen molar-refractivity contribution in [3.63, 3.8) is 0 Å². The standard InChI is InChI=1S/C11H7BrFN3O/c12-9-3-1-2-8(16-9)11(17)15-7-4-5-10(13)14-6-7/h1-6H,(H,15,17). The minimum atomic E-state index is -0.594. The van der Waals surface area contributed by atoms with Crippen LogP contribution in [0.5, 0.6) is 0 Å². The molecule has 86 valence electrons. The number of nitrogens with zero attached hydrogens (tertiary/aromatic N) is 2. The van der Waals surface area contributed by atoms with Gasteiger partial charge in [0.15, 0.2) is 0 Å². The molecule has 0 aliphatic carbocycles. The van der Waals surface area contributed by atoms with Crippen LogP contribution in [0.4, 0.5) is 10.1 Å². The summed E-state index contributed by atoms with van der Waals surface area (Å²) in [5.41, 5.74) is 0.682. The second-order valence-electron chi connectivity index (χ2n) is 3.17. The van der Waals surface area contributed by atoms with Gasteiger partial charge in [0.1, 0.15) is 10.3 Å². The molecule has 0 aromatic carbocycles.